The summed E-state index contributed by atoms with van der Waals surface area (Å²) in [4.78, 5) is 39.7. The summed E-state index contributed by atoms with van der Waals surface area (Å²) in [5.74, 6) is -1.04. The smallest absolute Gasteiger partial charge is 0.271 e. The highest BCUT2D eigenvalue weighted by atomic mass is 35.5. The van der Waals surface area contributed by atoms with E-state index in [0.29, 0.717) is 12.1 Å². The third-order valence-electron chi connectivity index (χ3n) is 6.35. The van der Waals surface area contributed by atoms with E-state index in [0.717, 1.165) is 22.2 Å². The van der Waals surface area contributed by atoms with Gasteiger partial charge >= 0.3 is 0 Å². The zero-order valence-corrected chi connectivity index (χ0v) is 25.7. The number of benzene rings is 3. The van der Waals surface area contributed by atoms with Gasteiger partial charge in [0, 0.05) is 47.3 Å². The molecule has 3 aromatic carbocycles. The van der Waals surface area contributed by atoms with Crippen LogP contribution >= 0.6 is 23.2 Å². The van der Waals surface area contributed by atoms with Gasteiger partial charge < -0.3 is 10.2 Å². The second-order valence-electron chi connectivity index (χ2n) is 10.1. The molecule has 0 unspecified atom stereocenters. The maximum atomic E-state index is 14.1. The highest BCUT2D eigenvalue weighted by Crippen LogP contribution is 2.28. The summed E-state index contributed by atoms with van der Waals surface area (Å²) in [5.41, 5.74) is 0.733. The lowest BCUT2D eigenvalue weighted by Crippen LogP contribution is -2.53. The number of rotatable bonds is 13. The Labute approximate surface area is 255 Å². The third kappa shape index (κ3) is 8.91. The first-order valence-corrected chi connectivity index (χ1v) is 15.6. The number of nitrogens with zero attached hydrogens (tertiary/aromatic N) is 3. The molecule has 0 aromatic heterocycles. The fourth-order valence-electron chi connectivity index (χ4n) is 4.21. The summed E-state index contributed by atoms with van der Waals surface area (Å²) in [6, 6.07) is 17.8. The van der Waals surface area contributed by atoms with Gasteiger partial charge in [0.1, 0.15) is 12.6 Å². The van der Waals surface area contributed by atoms with Crippen LogP contribution in [0.15, 0.2) is 72.8 Å². The molecule has 0 aliphatic rings. The van der Waals surface area contributed by atoms with Gasteiger partial charge in [-0.05, 0) is 29.7 Å². The first-order valence-electron chi connectivity index (χ1n) is 13.0. The summed E-state index contributed by atoms with van der Waals surface area (Å²) in [6.45, 7) is 3.29. The predicted molar refractivity (Wildman–Crippen MR) is 164 cm³/mol. The number of nitrogens with one attached hydrogen (secondary N) is 1. The monoisotopic (exact) mass is 634 g/mol. The molecule has 0 aliphatic carbocycles. The minimum Gasteiger partial charge on any atom is -0.354 e. The molecule has 3 rings (SSSR count). The van der Waals surface area contributed by atoms with Crippen LogP contribution in [0.3, 0.4) is 0 Å². The van der Waals surface area contributed by atoms with E-state index in [1.54, 1.807) is 18.2 Å². The van der Waals surface area contributed by atoms with Crippen LogP contribution in [-0.2, 0) is 32.6 Å². The van der Waals surface area contributed by atoms with E-state index in [2.05, 4.69) is 5.32 Å². The number of halogens is 2. The van der Waals surface area contributed by atoms with Crippen molar-refractivity contribution >= 4 is 56.4 Å². The number of anilines is 1. The topological polar surface area (TPSA) is 130 Å². The van der Waals surface area contributed by atoms with Gasteiger partial charge in [0.2, 0.25) is 21.8 Å². The molecule has 1 N–H and O–H groups in total. The van der Waals surface area contributed by atoms with Crippen molar-refractivity contribution in [1.29, 1.82) is 0 Å². The SMILES string of the molecule is CC(C)CNC(=O)[C@@H](Cc1ccccc1)N(Cc1c(Cl)cccc1Cl)C(=O)CN(c1cccc([N+](=O)[O-])c1)S(C)(=O)=O. The molecule has 10 nitrogen and oxygen atoms in total. The standard InChI is InChI=1S/C29H32Cl2N4O6S/c1-20(2)17-32-29(37)27(15-21-9-5-4-6-10-21)33(18-24-25(30)13-8-14-26(24)31)28(36)19-34(42(3,40)41)22-11-7-12-23(16-22)35(38)39/h4-14,16,20,27H,15,17-19H2,1-3H3,(H,32,37)/t27-/m1/s1. The summed E-state index contributed by atoms with van der Waals surface area (Å²) < 4.78 is 26.5. The molecule has 0 bridgehead atoms. The van der Waals surface area contributed by atoms with Crippen LogP contribution in [0.2, 0.25) is 10.0 Å². The van der Waals surface area contributed by atoms with Crippen LogP contribution in [-0.4, -0.2) is 55.4 Å². The summed E-state index contributed by atoms with van der Waals surface area (Å²) in [7, 11) is -4.09. The molecule has 0 saturated heterocycles. The first kappa shape index (κ1) is 32.8. The highest BCUT2D eigenvalue weighted by molar-refractivity contribution is 7.92. The van der Waals surface area contributed by atoms with Crippen LogP contribution in [0.1, 0.15) is 25.0 Å². The van der Waals surface area contributed by atoms with Crippen molar-refractivity contribution in [2.24, 2.45) is 5.92 Å². The van der Waals surface area contributed by atoms with Gasteiger partial charge in [-0.3, -0.25) is 24.0 Å². The van der Waals surface area contributed by atoms with Crippen LogP contribution in [0.5, 0.6) is 0 Å². The molecule has 0 fully saturated rings. The molecule has 13 heteroatoms. The minimum atomic E-state index is -4.09. The molecule has 3 aromatic rings. The second kappa shape index (κ2) is 14.5. The lowest BCUT2D eigenvalue weighted by atomic mass is 10.0. The normalized spacial score (nSPS) is 12.0. The first-order chi connectivity index (χ1) is 19.8. The molecule has 0 heterocycles. The summed E-state index contributed by atoms with van der Waals surface area (Å²) in [5, 5.41) is 14.8. The van der Waals surface area contributed by atoms with Crippen LogP contribution in [0.4, 0.5) is 11.4 Å². The fourth-order valence-corrected chi connectivity index (χ4v) is 5.56. The number of hydrogen-bond donors (Lipinski definition) is 1. The largest absolute Gasteiger partial charge is 0.354 e. The van der Waals surface area contributed by atoms with E-state index in [-0.39, 0.29) is 40.3 Å². The Bertz CT molecular complexity index is 1520. The van der Waals surface area contributed by atoms with Crippen LogP contribution < -0.4 is 9.62 Å². The average molecular weight is 636 g/mol. The number of nitro groups is 1. The van der Waals surface area contributed by atoms with Gasteiger partial charge in [-0.2, -0.15) is 0 Å². The lowest BCUT2D eigenvalue weighted by Gasteiger charge is -2.34. The van der Waals surface area contributed by atoms with Gasteiger partial charge in [-0.1, -0.05) is 79.5 Å². The van der Waals surface area contributed by atoms with Crippen molar-refractivity contribution in [2.45, 2.75) is 32.9 Å². The van der Waals surface area contributed by atoms with E-state index in [1.165, 1.54) is 23.1 Å². The predicted octanol–water partition coefficient (Wildman–Crippen LogP) is 5.08. The van der Waals surface area contributed by atoms with E-state index in [4.69, 9.17) is 23.2 Å². The number of nitro benzene ring substituents is 1. The number of carbonyl (C=O) groups is 2. The van der Waals surface area contributed by atoms with Crippen LogP contribution in [0.25, 0.3) is 0 Å². The maximum absolute atomic E-state index is 14.1. The molecular formula is C29H32Cl2N4O6S. The van der Waals surface area contributed by atoms with Gasteiger partial charge in [-0.15, -0.1) is 0 Å². The van der Waals surface area contributed by atoms with Crippen molar-refractivity contribution in [2.75, 3.05) is 23.7 Å². The number of carbonyl (C=O) groups excluding carboxylic acids is 2. The zero-order valence-electron chi connectivity index (χ0n) is 23.4. The Morgan fingerprint density at radius 1 is 0.976 bits per heavy atom. The highest BCUT2D eigenvalue weighted by Gasteiger charge is 2.34. The Kier molecular flexibility index (Phi) is 11.3. The van der Waals surface area contributed by atoms with Crippen molar-refractivity contribution in [1.82, 2.24) is 10.2 Å². The quantitative estimate of drug-likeness (QED) is 0.206. The van der Waals surface area contributed by atoms with Crippen molar-refractivity contribution in [3.05, 3.63) is 104 Å². The molecule has 0 saturated carbocycles. The zero-order chi connectivity index (χ0) is 31.0. The van der Waals surface area contributed by atoms with Gasteiger partial charge in [0.05, 0.1) is 16.9 Å². The summed E-state index contributed by atoms with van der Waals surface area (Å²) >= 11 is 12.9. The Hall–Kier alpha value is -3.67. The Morgan fingerprint density at radius 3 is 2.17 bits per heavy atom. The molecule has 2 amide bonds. The number of non-ortho nitro benzene ring substituents is 1. The van der Waals surface area contributed by atoms with Crippen molar-refractivity contribution in [3.63, 3.8) is 0 Å². The Balaban J connectivity index is 2.11. The summed E-state index contributed by atoms with van der Waals surface area (Å²) in [6.07, 6.45) is 1.01. The Morgan fingerprint density at radius 2 is 1.60 bits per heavy atom. The van der Waals surface area contributed by atoms with E-state index >= 15 is 0 Å². The van der Waals surface area contributed by atoms with Gasteiger partial charge in [0.25, 0.3) is 5.69 Å². The molecule has 1 atom stereocenters. The third-order valence-corrected chi connectivity index (χ3v) is 8.20. The second-order valence-corrected chi connectivity index (χ2v) is 12.8. The van der Waals surface area contributed by atoms with Crippen molar-refractivity contribution < 1.29 is 22.9 Å². The molecule has 0 aliphatic heterocycles. The van der Waals surface area contributed by atoms with E-state index in [9.17, 15) is 28.1 Å². The lowest BCUT2D eigenvalue weighted by molar-refractivity contribution is -0.384. The minimum absolute atomic E-state index is 0.0698. The van der Waals surface area contributed by atoms with E-state index < -0.39 is 39.3 Å². The molecule has 42 heavy (non-hydrogen) atoms. The van der Waals surface area contributed by atoms with Gasteiger partial charge in [-0.25, -0.2) is 8.42 Å². The van der Waals surface area contributed by atoms with E-state index in [1.807, 2.05) is 44.2 Å². The maximum Gasteiger partial charge on any atom is 0.271 e. The number of hydrogen-bond acceptors (Lipinski definition) is 6. The van der Waals surface area contributed by atoms with Crippen LogP contribution in [0, 0.1) is 16.0 Å². The molecule has 0 radical (unpaired) electrons. The fraction of sp³-hybridized carbons (Fsp3) is 0.310. The van der Waals surface area contributed by atoms with Crippen molar-refractivity contribution in [3.8, 4) is 0 Å². The molecule has 0 spiro atoms. The number of amides is 2. The van der Waals surface area contributed by atoms with Gasteiger partial charge in [0.15, 0.2) is 0 Å². The number of sulfonamides is 1. The average Bonchev–Trinajstić information content (AvgIpc) is 2.93. The molecule has 224 valence electrons. The molecular weight excluding hydrogens is 603 g/mol.